The molecule has 0 spiro atoms. The Hall–Kier alpha value is -2.00. The number of aromatic nitrogens is 2. The molecule has 2 aromatic heterocycles. The Kier molecular flexibility index (Phi) is 4.66. The number of rotatable bonds is 5. The summed E-state index contributed by atoms with van der Waals surface area (Å²) in [6, 6.07) is 5.14. The first-order valence-corrected chi connectivity index (χ1v) is 9.43. The number of aliphatic hydroxyl groups is 1. The van der Waals surface area contributed by atoms with Crippen LogP contribution in [0.15, 0.2) is 34.4 Å². The van der Waals surface area contributed by atoms with Crippen molar-refractivity contribution in [1.29, 1.82) is 0 Å². The van der Waals surface area contributed by atoms with Gasteiger partial charge in [-0.3, -0.25) is 9.69 Å². The van der Waals surface area contributed by atoms with Crippen LogP contribution in [-0.2, 0) is 6.54 Å². The highest BCUT2D eigenvalue weighted by molar-refractivity contribution is 7.09. The molecule has 26 heavy (non-hydrogen) atoms. The molecule has 1 aromatic carbocycles. The second kappa shape index (κ2) is 6.96. The zero-order chi connectivity index (χ0) is 18.1. The Morgan fingerprint density at radius 3 is 3.19 bits per heavy atom. The summed E-state index contributed by atoms with van der Waals surface area (Å²) in [5, 5.41) is 23.5. The fraction of sp³-hybridized carbons (Fsp3) is 0.353. The van der Waals surface area contributed by atoms with E-state index >= 15 is 0 Å². The summed E-state index contributed by atoms with van der Waals surface area (Å²) in [4.78, 5) is 14.6. The third kappa shape index (κ3) is 3.59. The molecule has 1 amide bonds. The average Bonchev–Trinajstić information content (AvgIpc) is 3.34. The van der Waals surface area contributed by atoms with Gasteiger partial charge in [0.05, 0.1) is 17.7 Å². The van der Waals surface area contributed by atoms with Gasteiger partial charge in [0.1, 0.15) is 22.4 Å². The maximum atomic E-state index is 12.5. The maximum absolute atomic E-state index is 12.5. The van der Waals surface area contributed by atoms with Gasteiger partial charge in [-0.05, 0) is 24.6 Å². The summed E-state index contributed by atoms with van der Waals surface area (Å²) in [6.07, 6.45) is 2.00. The van der Waals surface area contributed by atoms with Crippen molar-refractivity contribution in [3.8, 4) is 0 Å². The normalized spacial score (nSPS) is 20.7. The fourth-order valence-electron chi connectivity index (χ4n) is 3.19. The highest BCUT2D eigenvalue weighted by Gasteiger charge is 2.36. The van der Waals surface area contributed by atoms with Crippen molar-refractivity contribution in [3.63, 3.8) is 0 Å². The Morgan fingerprint density at radius 1 is 1.50 bits per heavy atom. The van der Waals surface area contributed by atoms with E-state index in [4.69, 9.17) is 16.0 Å². The minimum atomic E-state index is -0.961. The van der Waals surface area contributed by atoms with Gasteiger partial charge in [-0.15, -0.1) is 21.5 Å². The van der Waals surface area contributed by atoms with Crippen LogP contribution in [0, 0.1) is 0 Å². The number of carbonyl (C=O) groups excluding carboxylic acids is 1. The van der Waals surface area contributed by atoms with Crippen molar-refractivity contribution >= 4 is 39.8 Å². The molecule has 0 saturated carbocycles. The van der Waals surface area contributed by atoms with Gasteiger partial charge in [0.25, 0.3) is 5.91 Å². The lowest BCUT2D eigenvalue weighted by atomic mass is 10.0. The van der Waals surface area contributed by atoms with Gasteiger partial charge in [0, 0.05) is 30.0 Å². The SMILES string of the molecule is O=C(NCC1(O)CCN(Cc2nncs2)C1)c1coc2ccc(Cl)cc12. The van der Waals surface area contributed by atoms with Crippen LogP contribution in [0.3, 0.4) is 0 Å². The van der Waals surface area contributed by atoms with Gasteiger partial charge in [-0.2, -0.15) is 0 Å². The minimum absolute atomic E-state index is 0.172. The fourth-order valence-corrected chi connectivity index (χ4v) is 3.93. The highest BCUT2D eigenvalue weighted by Crippen LogP contribution is 2.26. The number of furan rings is 1. The number of benzene rings is 1. The van der Waals surface area contributed by atoms with Crippen molar-refractivity contribution in [2.75, 3.05) is 19.6 Å². The Labute approximate surface area is 158 Å². The van der Waals surface area contributed by atoms with Gasteiger partial charge in [-0.1, -0.05) is 11.6 Å². The number of carbonyl (C=O) groups is 1. The van der Waals surface area contributed by atoms with Crippen LogP contribution in [0.1, 0.15) is 21.8 Å². The first kappa shape index (κ1) is 17.4. The first-order chi connectivity index (χ1) is 12.5. The van der Waals surface area contributed by atoms with Crippen molar-refractivity contribution in [2.45, 2.75) is 18.6 Å². The molecule has 1 saturated heterocycles. The molecule has 7 nitrogen and oxygen atoms in total. The lowest BCUT2D eigenvalue weighted by Crippen LogP contribution is -2.44. The summed E-state index contributed by atoms with van der Waals surface area (Å²) in [7, 11) is 0. The molecule has 2 N–H and O–H groups in total. The van der Waals surface area contributed by atoms with E-state index in [0.29, 0.717) is 41.1 Å². The highest BCUT2D eigenvalue weighted by atomic mass is 35.5. The molecule has 0 radical (unpaired) electrons. The standard InChI is InChI=1S/C17H17ClN4O3S/c18-11-1-2-14-12(5-11)13(7-25-14)16(23)19-8-17(24)3-4-22(9-17)6-15-21-20-10-26-15/h1-2,5,7,10,24H,3-4,6,8-9H2,(H,19,23). The quantitative estimate of drug-likeness (QED) is 0.692. The molecule has 1 fully saturated rings. The molecule has 1 aliphatic rings. The third-order valence-electron chi connectivity index (χ3n) is 4.53. The molecule has 9 heteroatoms. The number of likely N-dealkylation sites (tertiary alicyclic amines) is 1. The number of nitrogens with zero attached hydrogens (tertiary/aromatic N) is 3. The molecule has 3 heterocycles. The minimum Gasteiger partial charge on any atom is -0.463 e. The van der Waals surface area contributed by atoms with Crippen LogP contribution in [0.4, 0.5) is 0 Å². The molecule has 136 valence electrons. The zero-order valence-electron chi connectivity index (χ0n) is 13.8. The molecule has 1 aliphatic heterocycles. The van der Waals surface area contributed by atoms with Crippen molar-refractivity contribution in [3.05, 3.63) is 45.6 Å². The van der Waals surface area contributed by atoms with E-state index in [2.05, 4.69) is 20.4 Å². The lowest BCUT2D eigenvalue weighted by Gasteiger charge is -2.23. The topological polar surface area (TPSA) is 91.5 Å². The molecule has 1 atom stereocenters. The van der Waals surface area contributed by atoms with Gasteiger partial charge in [0.2, 0.25) is 0 Å². The van der Waals surface area contributed by atoms with Crippen LogP contribution in [-0.4, -0.2) is 51.3 Å². The van der Waals surface area contributed by atoms with Gasteiger partial charge >= 0.3 is 0 Å². The number of β-amino-alcohol motifs (C(OH)–C–C–N with tert-alkyl or cyclic N) is 1. The molecule has 4 rings (SSSR count). The van der Waals surface area contributed by atoms with E-state index in [1.807, 2.05) is 0 Å². The number of nitrogens with one attached hydrogen (secondary N) is 1. The number of halogens is 1. The molecule has 0 aliphatic carbocycles. The van der Waals surface area contributed by atoms with Crippen molar-refractivity contribution in [2.24, 2.45) is 0 Å². The first-order valence-electron chi connectivity index (χ1n) is 8.17. The summed E-state index contributed by atoms with van der Waals surface area (Å²) < 4.78 is 5.40. The number of hydrogen-bond donors (Lipinski definition) is 2. The summed E-state index contributed by atoms with van der Waals surface area (Å²) in [5.74, 6) is -0.290. The molecule has 0 bridgehead atoms. The third-order valence-corrected chi connectivity index (χ3v) is 5.45. The van der Waals surface area contributed by atoms with Crippen LogP contribution >= 0.6 is 22.9 Å². The van der Waals surface area contributed by atoms with Crippen molar-refractivity contribution < 1.29 is 14.3 Å². The molecule has 1 unspecified atom stereocenters. The van der Waals surface area contributed by atoms with E-state index in [0.717, 1.165) is 11.6 Å². The van der Waals surface area contributed by atoms with Gasteiger partial charge in [0.15, 0.2) is 0 Å². The van der Waals surface area contributed by atoms with E-state index in [9.17, 15) is 9.90 Å². The van der Waals surface area contributed by atoms with Crippen molar-refractivity contribution in [1.82, 2.24) is 20.4 Å². The van der Waals surface area contributed by atoms with Crippen LogP contribution in [0.2, 0.25) is 5.02 Å². The van der Waals surface area contributed by atoms with E-state index in [-0.39, 0.29) is 12.5 Å². The summed E-state index contributed by atoms with van der Waals surface area (Å²) in [5.41, 5.74) is 1.74. The van der Waals surface area contributed by atoms with Crippen LogP contribution < -0.4 is 5.32 Å². The molecular formula is C17H17ClN4O3S. The second-order valence-corrected chi connectivity index (χ2v) is 7.84. The number of amides is 1. The number of hydrogen-bond acceptors (Lipinski definition) is 7. The Balaban J connectivity index is 1.38. The van der Waals surface area contributed by atoms with Crippen LogP contribution in [0.25, 0.3) is 11.0 Å². The Morgan fingerprint density at radius 2 is 2.38 bits per heavy atom. The van der Waals surface area contributed by atoms with E-state index in [1.54, 1.807) is 23.7 Å². The van der Waals surface area contributed by atoms with Gasteiger partial charge in [-0.25, -0.2) is 0 Å². The zero-order valence-corrected chi connectivity index (χ0v) is 15.4. The Bertz CT molecular complexity index is 929. The molecule has 3 aromatic rings. The summed E-state index contributed by atoms with van der Waals surface area (Å²) in [6.45, 7) is 2.05. The van der Waals surface area contributed by atoms with E-state index in [1.165, 1.54) is 17.6 Å². The monoisotopic (exact) mass is 392 g/mol. The maximum Gasteiger partial charge on any atom is 0.255 e. The predicted molar refractivity (Wildman–Crippen MR) is 98.3 cm³/mol. The smallest absolute Gasteiger partial charge is 0.255 e. The van der Waals surface area contributed by atoms with Crippen LogP contribution in [0.5, 0.6) is 0 Å². The number of fused-ring (bicyclic) bond motifs is 1. The predicted octanol–water partition coefficient (Wildman–Crippen LogP) is 2.30. The second-order valence-electron chi connectivity index (χ2n) is 6.49. The van der Waals surface area contributed by atoms with Gasteiger partial charge < -0.3 is 14.8 Å². The molecular weight excluding hydrogens is 376 g/mol. The average molecular weight is 393 g/mol. The lowest BCUT2D eigenvalue weighted by molar-refractivity contribution is 0.0456. The largest absolute Gasteiger partial charge is 0.463 e. The summed E-state index contributed by atoms with van der Waals surface area (Å²) >= 11 is 7.49. The van der Waals surface area contributed by atoms with E-state index < -0.39 is 5.60 Å².